The highest BCUT2D eigenvalue weighted by Crippen LogP contribution is 2.30. The van der Waals surface area contributed by atoms with E-state index in [-0.39, 0.29) is 0 Å². The number of halogens is 2. The summed E-state index contributed by atoms with van der Waals surface area (Å²) in [6.45, 7) is 1.19. The van der Waals surface area contributed by atoms with Gasteiger partial charge in [-0.2, -0.15) is 0 Å². The van der Waals surface area contributed by atoms with Crippen LogP contribution in [0.1, 0.15) is 25.7 Å². The molecule has 1 aliphatic rings. The molecule has 0 aliphatic heterocycles. The van der Waals surface area contributed by atoms with Crippen LogP contribution in [-0.2, 0) is 0 Å². The summed E-state index contributed by atoms with van der Waals surface area (Å²) >= 11 is 11.9. The maximum absolute atomic E-state index is 9.37. The van der Waals surface area contributed by atoms with E-state index < -0.39 is 0 Å². The normalized spacial score (nSPS) is 23.9. The zero-order valence-electron chi connectivity index (χ0n) is 10.3. The van der Waals surface area contributed by atoms with E-state index in [9.17, 15) is 5.11 Å². The van der Waals surface area contributed by atoms with Crippen LogP contribution >= 0.6 is 23.2 Å². The molecule has 0 amide bonds. The first-order chi connectivity index (χ1) is 8.70. The zero-order chi connectivity index (χ0) is 13.0. The Kier molecular flexibility index (Phi) is 5.16. The van der Waals surface area contributed by atoms with Crippen molar-refractivity contribution in [1.29, 1.82) is 0 Å². The molecule has 18 heavy (non-hydrogen) atoms. The van der Waals surface area contributed by atoms with E-state index >= 15 is 0 Å². The Morgan fingerprint density at radius 3 is 2.50 bits per heavy atom. The monoisotopic (exact) mass is 287 g/mol. The smallest absolute Gasteiger partial charge is 0.0612 e. The van der Waals surface area contributed by atoms with Gasteiger partial charge in [0, 0.05) is 18.8 Å². The lowest BCUT2D eigenvalue weighted by molar-refractivity contribution is 0.141. The number of rotatable bonds is 4. The average Bonchev–Trinajstić information content (AvgIpc) is 2.40. The largest absolute Gasteiger partial charge is 0.396 e. The number of hydrogen-bond donors (Lipinski definition) is 2. The Balaban J connectivity index is 1.91. The van der Waals surface area contributed by atoms with Gasteiger partial charge in [0.2, 0.25) is 0 Å². The SMILES string of the molecule is OCC1CCCCC1CNc1ccc(Cl)c(Cl)c1. The predicted octanol–water partition coefficient (Wildman–Crippen LogP) is 4.20. The van der Waals surface area contributed by atoms with Gasteiger partial charge in [-0.1, -0.05) is 36.0 Å². The molecule has 1 aliphatic carbocycles. The number of aliphatic hydroxyl groups excluding tert-OH is 1. The molecule has 2 rings (SSSR count). The van der Waals surface area contributed by atoms with Crippen molar-refractivity contribution in [1.82, 2.24) is 0 Å². The van der Waals surface area contributed by atoms with Gasteiger partial charge in [-0.3, -0.25) is 0 Å². The molecular weight excluding hydrogens is 269 g/mol. The van der Waals surface area contributed by atoms with Gasteiger partial charge in [0.15, 0.2) is 0 Å². The topological polar surface area (TPSA) is 32.3 Å². The molecule has 0 aromatic heterocycles. The highest BCUT2D eigenvalue weighted by atomic mass is 35.5. The van der Waals surface area contributed by atoms with Gasteiger partial charge in [-0.25, -0.2) is 0 Å². The van der Waals surface area contributed by atoms with Gasteiger partial charge in [0.05, 0.1) is 10.0 Å². The maximum Gasteiger partial charge on any atom is 0.0612 e. The Hall–Kier alpha value is -0.440. The second-order valence-electron chi connectivity index (χ2n) is 5.00. The minimum Gasteiger partial charge on any atom is -0.396 e. The summed E-state index contributed by atoms with van der Waals surface area (Å²) in [4.78, 5) is 0. The van der Waals surface area contributed by atoms with Crippen molar-refractivity contribution in [3.05, 3.63) is 28.2 Å². The molecule has 1 fully saturated rings. The van der Waals surface area contributed by atoms with Crippen molar-refractivity contribution < 1.29 is 5.11 Å². The molecule has 0 saturated heterocycles. The van der Waals surface area contributed by atoms with E-state index in [0.717, 1.165) is 18.7 Å². The van der Waals surface area contributed by atoms with Crippen molar-refractivity contribution in [3.8, 4) is 0 Å². The van der Waals surface area contributed by atoms with Gasteiger partial charge in [0.25, 0.3) is 0 Å². The van der Waals surface area contributed by atoms with Crippen LogP contribution in [0.25, 0.3) is 0 Å². The van der Waals surface area contributed by atoms with E-state index in [4.69, 9.17) is 23.2 Å². The first kappa shape index (κ1) is 14.0. The minimum atomic E-state index is 0.299. The molecule has 100 valence electrons. The molecule has 0 spiro atoms. The van der Waals surface area contributed by atoms with E-state index in [1.54, 1.807) is 6.07 Å². The van der Waals surface area contributed by atoms with Gasteiger partial charge >= 0.3 is 0 Å². The third-order valence-corrected chi connectivity index (χ3v) is 4.53. The number of hydrogen-bond acceptors (Lipinski definition) is 2. The molecule has 2 unspecified atom stereocenters. The first-order valence-electron chi connectivity index (χ1n) is 6.50. The fourth-order valence-corrected chi connectivity index (χ4v) is 2.95. The van der Waals surface area contributed by atoms with Crippen molar-refractivity contribution in [2.45, 2.75) is 25.7 Å². The summed E-state index contributed by atoms with van der Waals surface area (Å²) in [5, 5.41) is 13.9. The predicted molar refractivity (Wildman–Crippen MR) is 77.5 cm³/mol. The summed E-state index contributed by atoms with van der Waals surface area (Å²) in [7, 11) is 0. The van der Waals surface area contributed by atoms with Crippen molar-refractivity contribution >= 4 is 28.9 Å². The quantitative estimate of drug-likeness (QED) is 0.870. The standard InChI is InChI=1S/C14H19Cl2NO/c15-13-6-5-12(7-14(13)16)17-8-10-3-1-2-4-11(10)9-18/h5-7,10-11,17-18H,1-4,8-9H2. The summed E-state index contributed by atoms with van der Waals surface area (Å²) < 4.78 is 0. The first-order valence-corrected chi connectivity index (χ1v) is 7.26. The van der Waals surface area contributed by atoms with Gasteiger partial charge in [-0.05, 0) is 42.9 Å². The van der Waals surface area contributed by atoms with E-state index in [2.05, 4.69) is 5.32 Å². The van der Waals surface area contributed by atoms with Crippen LogP contribution in [0.3, 0.4) is 0 Å². The summed E-state index contributed by atoms with van der Waals surface area (Å²) in [6.07, 6.45) is 4.85. The molecule has 0 heterocycles. The molecule has 2 nitrogen and oxygen atoms in total. The molecule has 1 aromatic rings. The van der Waals surface area contributed by atoms with Gasteiger partial charge < -0.3 is 10.4 Å². The van der Waals surface area contributed by atoms with Crippen LogP contribution in [0, 0.1) is 11.8 Å². The minimum absolute atomic E-state index is 0.299. The summed E-state index contributed by atoms with van der Waals surface area (Å²) in [6, 6.07) is 5.59. The number of anilines is 1. The summed E-state index contributed by atoms with van der Waals surface area (Å²) in [5.41, 5.74) is 0.992. The van der Waals surface area contributed by atoms with Crippen molar-refractivity contribution in [2.24, 2.45) is 11.8 Å². The molecule has 1 aromatic carbocycles. The van der Waals surface area contributed by atoms with Crippen LogP contribution in [0.4, 0.5) is 5.69 Å². The lowest BCUT2D eigenvalue weighted by atomic mass is 9.79. The highest BCUT2D eigenvalue weighted by Gasteiger charge is 2.24. The van der Waals surface area contributed by atoms with E-state index in [1.807, 2.05) is 12.1 Å². The fourth-order valence-electron chi connectivity index (χ4n) is 2.65. The second-order valence-corrected chi connectivity index (χ2v) is 5.81. The van der Waals surface area contributed by atoms with E-state index in [1.165, 1.54) is 19.3 Å². The second kappa shape index (κ2) is 6.65. The third-order valence-electron chi connectivity index (χ3n) is 3.79. The van der Waals surface area contributed by atoms with Gasteiger partial charge in [0.1, 0.15) is 0 Å². The van der Waals surface area contributed by atoms with Crippen LogP contribution in [0.15, 0.2) is 18.2 Å². The Labute approximate surface area is 118 Å². The fraction of sp³-hybridized carbons (Fsp3) is 0.571. The third kappa shape index (κ3) is 3.53. The number of benzene rings is 1. The van der Waals surface area contributed by atoms with Crippen LogP contribution in [0.5, 0.6) is 0 Å². The Morgan fingerprint density at radius 1 is 1.11 bits per heavy atom. The summed E-state index contributed by atoms with van der Waals surface area (Å²) in [5.74, 6) is 0.993. The molecule has 2 atom stereocenters. The number of aliphatic hydroxyl groups is 1. The molecule has 2 N–H and O–H groups in total. The molecular formula is C14H19Cl2NO. The van der Waals surface area contributed by atoms with Gasteiger partial charge in [-0.15, -0.1) is 0 Å². The van der Waals surface area contributed by atoms with Crippen LogP contribution < -0.4 is 5.32 Å². The Morgan fingerprint density at radius 2 is 1.83 bits per heavy atom. The molecule has 1 saturated carbocycles. The molecule has 0 radical (unpaired) electrons. The molecule has 0 bridgehead atoms. The average molecular weight is 288 g/mol. The lowest BCUT2D eigenvalue weighted by Gasteiger charge is -2.30. The van der Waals surface area contributed by atoms with E-state index in [0.29, 0.717) is 28.5 Å². The lowest BCUT2D eigenvalue weighted by Crippen LogP contribution is -2.28. The van der Waals surface area contributed by atoms with Crippen molar-refractivity contribution in [2.75, 3.05) is 18.5 Å². The zero-order valence-corrected chi connectivity index (χ0v) is 11.8. The maximum atomic E-state index is 9.37. The van der Waals surface area contributed by atoms with Crippen molar-refractivity contribution in [3.63, 3.8) is 0 Å². The number of nitrogens with one attached hydrogen (secondary N) is 1. The Bertz CT molecular complexity index is 397. The highest BCUT2D eigenvalue weighted by molar-refractivity contribution is 6.42. The van der Waals surface area contributed by atoms with Crippen LogP contribution in [0.2, 0.25) is 10.0 Å². The molecule has 4 heteroatoms. The van der Waals surface area contributed by atoms with Crippen LogP contribution in [-0.4, -0.2) is 18.3 Å².